The minimum Gasteiger partial charge on any atom is -0.292 e. The molecule has 0 bridgehead atoms. The number of hydrogen-bond acceptors (Lipinski definition) is 4. The van der Waals surface area contributed by atoms with Gasteiger partial charge in [-0.2, -0.15) is 5.26 Å². The Balaban J connectivity index is 2.00. The van der Waals surface area contributed by atoms with Gasteiger partial charge in [0.15, 0.2) is 0 Å². The van der Waals surface area contributed by atoms with Crippen molar-refractivity contribution in [3.05, 3.63) is 51.4 Å². The van der Waals surface area contributed by atoms with Crippen molar-refractivity contribution in [2.75, 3.05) is 0 Å². The number of nitriles is 1. The van der Waals surface area contributed by atoms with Crippen LogP contribution in [0.15, 0.2) is 36.5 Å². The molecule has 1 atom stereocenters. The van der Waals surface area contributed by atoms with Gasteiger partial charge in [-0.05, 0) is 5.56 Å². The van der Waals surface area contributed by atoms with E-state index in [9.17, 15) is 0 Å². The summed E-state index contributed by atoms with van der Waals surface area (Å²) in [6.45, 7) is 0.635. The number of hydrogen-bond donors (Lipinski definition) is 1. The van der Waals surface area contributed by atoms with Gasteiger partial charge in [-0.3, -0.25) is 5.32 Å². The number of aromatic nitrogens is 1. The molecule has 1 N–H and O–H groups in total. The predicted molar refractivity (Wildman–Crippen MR) is 68.8 cm³/mol. The van der Waals surface area contributed by atoms with Gasteiger partial charge in [0, 0.05) is 6.54 Å². The van der Waals surface area contributed by atoms with Crippen LogP contribution in [0.3, 0.4) is 0 Å². The molecule has 86 valence electrons. The zero-order chi connectivity index (χ0) is 12.1. The quantitative estimate of drug-likeness (QED) is 0.922. The van der Waals surface area contributed by atoms with E-state index in [0.717, 1.165) is 5.56 Å². The predicted octanol–water partition coefficient (Wildman–Crippen LogP) is 3.15. The molecule has 1 heterocycles. The Labute approximate surface area is 109 Å². The van der Waals surface area contributed by atoms with E-state index in [1.54, 1.807) is 6.20 Å². The molecule has 0 aliphatic rings. The van der Waals surface area contributed by atoms with Gasteiger partial charge in [0.2, 0.25) is 0 Å². The SMILES string of the molecule is N#CC(NCc1ccccc1)c1ncc(Cl)s1. The van der Waals surface area contributed by atoms with E-state index >= 15 is 0 Å². The van der Waals surface area contributed by atoms with Gasteiger partial charge in [0.1, 0.15) is 15.4 Å². The van der Waals surface area contributed by atoms with E-state index in [1.165, 1.54) is 11.3 Å². The second-order valence-electron chi connectivity index (χ2n) is 3.43. The first-order valence-electron chi connectivity index (χ1n) is 5.08. The lowest BCUT2D eigenvalue weighted by molar-refractivity contribution is 0.627. The molecule has 0 saturated carbocycles. The first-order valence-corrected chi connectivity index (χ1v) is 6.27. The Bertz CT molecular complexity index is 518. The lowest BCUT2D eigenvalue weighted by Gasteiger charge is -2.08. The van der Waals surface area contributed by atoms with E-state index in [4.69, 9.17) is 16.9 Å². The minimum absolute atomic E-state index is 0.410. The number of benzene rings is 1. The lowest BCUT2D eigenvalue weighted by atomic mass is 10.2. The second-order valence-corrected chi connectivity index (χ2v) is 5.12. The minimum atomic E-state index is -0.410. The molecule has 0 saturated heterocycles. The molecule has 2 aromatic rings. The Kier molecular flexibility index (Phi) is 4.10. The molecule has 17 heavy (non-hydrogen) atoms. The fourth-order valence-electron chi connectivity index (χ4n) is 1.40. The van der Waals surface area contributed by atoms with Crippen LogP contribution in [0.2, 0.25) is 4.34 Å². The maximum Gasteiger partial charge on any atom is 0.148 e. The van der Waals surface area contributed by atoms with E-state index in [2.05, 4.69) is 16.4 Å². The molecule has 0 radical (unpaired) electrons. The highest BCUT2D eigenvalue weighted by atomic mass is 35.5. The van der Waals surface area contributed by atoms with Gasteiger partial charge < -0.3 is 0 Å². The van der Waals surface area contributed by atoms with Gasteiger partial charge in [-0.1, -0.05) is 41.9 Å². The summed E-state index contributed by atoms with van der Waals surface area (Å²) in [6.07, 6.45) is 1.57. The molecule has 1 aromatic carbocycles. The van der Waals surface area contributed by atoms with Crippen molar-refractivity contribution >= 4 is 22.9 Å². The fraction of sp³-hybridized carbons (Fsp3) is 0.167. The number of thiazole rings is 1. The van der Waals surface area contributed by atoms with Crippen molar-refractivity contribution in [2.45, 2.75) is 12.6 Å². The third-order valence-electron chi connectivity index (χ3n) is 2.22. The molecule has 1 unspecified atom stereocenters. The summed E-state index contributed by atoms with van der Waals surface area (Å²) in [5, 5.41) is 12.9. The van der Waals surface area contributed by atoms with Crippen molar-refractivity contribution in [1.29, 1.82) is 5.26 Å². The van der Waals surface area contributed by atoms with Crippen LogP contribution in [-0.4, -0.2) is 4.98 Å². The van der Waals surface area contributed by atoms with Crippen molar-refractivity contribution < 1.29 is 0 Å². The van der Waals surface area contributed by atoms with E-state index < -0.39 is 6.04 Å². The largest absolute Gasteiger partial charge is 0.292 e. The molecule has 0 spiro atoms. The van der Waals surface area contributed by atoms with Gasteiger partial charge in [-0.25, -0.2) is 4.98 Å². The van der Waals surface area contributed by atoms with E-state index in [1.807, 2.05) is 30.3 Å². The Morgan fingerprint density at radius 1 is 1.41 bits per heavy atom. The number of nitrogens with one attached hydrogen (secondary N) is 1. The van der Waals surface area contributed by atoms with Gasteiger partial charge in [0.25, 0.3) is 0 Å². The zero-order valence-electron chi connectivity index (χ0n) is 8.93. The molecule has 0 amide bonds. The third kappa shape index (κ3) is 3.27. The van der Waals surface area contributed by atoms with Crippen LogP contribution in [0.4, 0.5) is 0 Å². The molecule has 0 fully saturated rings. The Hall–Kier alpha value is -1.41. The zero-order valence-corrected chi connectivity index (χ0v) is 10.5. The summed E-state index contributed by atoms with van der Waals surface area (Å²) >= 11 is 7.12. The van der Waals surface area contributed by atoms with Gasteiger partial charge in [-0.15, -0.1) is 11.3 Å². The van der Waals surface area contributed by atoms with Gasteiger partial charge in [0.05, 0.1) is 12.3 Å². The van der Waals surface area contributed by atoms with Crippen LogP contribution in [-0.2, 0) is 6.54 Å². The van der Waals surface area contributed by atoms with Crippen LogP contribution < -0.4 is 5.32 Å². The molecule has 1 aromatic heterocycles. The average molecular weight is 264 g/mol. The van der Waals surface area contributed by atoms with Crippen molar-refractivity contribution in [2.24, 2.45) is 0 Å². The van der Waals surface area contributed by atoms with E-state index in [0.29, 0.717) is 15.9 Å². The first-order chi connectivity index (χ1) is 8.29. The molecule has 2 rings (SSSR count). The smallest absolute Gasteiger partial charge is 0.148 e. The summed E-state index contributed by atoms with van der Waals surface area (Å²) in [7, 11) is 0. The summed E-state index contributed by atoms with van der Waals surface area (Å²) in [5.41, 5.74) is 1.13. The topological polar surface area (TPSA) is 48.7 Å². The summed E-state index contributed by atoms with van der Waals surface area (Å²) in [5.74, 6) is 0. The van der Waals surface area contributed by atoms with Gasteiger partial charge >= 0.3 is 0 Å². The monoisotopic (exact) mass is 263 g/mol. The maximum absolute atomic E-state index is 9.08. The van der Waals surface area contributed by atoms with E-state index in [-0.39, 0.29) is 0 Å². The number of nitrogens with zero attached hydrogens (tertiary/aromatic N) is 2. The molecule has 3 nitrogen and oxygen atoms in total. The molecular formula is C12H10ClN3S. The normalized spacial score (nSPS) is 12.0. The maximum atomic E-state index is 9.08. The Morgan fingerprint density at radius 2 is 2.18 bits per heavy atom. The Morgan fingerprint density at radius 3 is 2.76 bits per heavy atom. The molecule has 5 heteroatoms. The first kappa shape index (κ1) is 12.1. The van der Waals surface area contributed by atoms with Crippen LogP contribution >= 0.6 is 22.9 Å². The van der Waals surface area contributed by atoms with Crippen LogP contribution in [0.1, 0.15) is 16.6 Å². The van der Waals surface area contributed by atoms with Crippen LogP contribution in [0, 0.1) is 11.3 Å². The number of halogens is 1. The standard InChI is InChI=1S/C12H10ClN3S/c13-11-8-16-12(17-11)10(6-14)15-7-9-4-2-1-3-5-9/h1-5,8,10,15H,7H2. The van der Waals surface area contributed by atoms with Crippen molar-refractivity contribution in [3.8, 4) is 6.07 Å². The molecule has 0 aliphatic carbocycles. The highest BCUT2D eigenvalue weighted by Gasteiger charge is 2.13. The summed E-state index contributed by atoms with van der Waals surface area (Å²) in [6, 6.07) is 11.7. The van der Waals surface area contributed by atoms with Crippen molar-refractivity contribution in [3.63, 3.8) is 0 Å². The third-order valence-corrected chi connectivity index (χ3v) is 3.40. The van der Waals surface area contributed by atoms with Crippen molar-refractivity contribution in [1.82, 2.24) is 10.3 Å². The summed E-state index contributed by atoms with van der Waals surface area (Å²) in [4.78, 5) is 4.10. The highest BCUT2D eigenvalue weighted by Crippen LogP contribution is 2.23. The summed E-state index contributed by atoms with van der Waals surface area (Å²) < 4.78 is 0.599. The highest BCUT2D eigenvalue weighted by molar-refractivity contribution is 7.15. The molecular weight excluding hydrogens is 254 g/mol. The molecule has 0 aliphatic heterocycles. The lowest BCUT2D eigenvalue weighted by Crippen LogP contribution is -2.19. The average Bonchev–Trinajstić information content (AvgIpc) is 2.78. The fourth-order valence-corrected chi connectivity index (χ4v) is 2.35. The van der Waals surface area contributed by atoms with Crippen LogP contribution in [0.25, 0.3) is 0 Å². The van der Waals surface area contributed by atoms with Crippen LogP contribution in [0.5, 0.6) is 0 Å². The second kappa shape index (κ2) is 5.78. The number of rotatable bonds is 4.